The van der Waals surface area contributed by atoms with Crippen molar-refractivity contribution in [2.75, 3.05) is 20.1 Å². The monoisotopic (exact) mass is 224 g/mol. The molecule has 0 saturated carbocycles. The van der Waals surface area contributed by atoms with Crippen molar-refractivity contribution in [1.82, 2.24) is 14.5 Å². The van der Waals surface area contributed by atoms with Crippen molar-refractivity contribution in [3.8, 4) is 0 Å². The van der Waals surface area contributed by atoms with Crippen molar-refractivity contribution < 1.29 is 4.79 Å². The molecule has 1 rings (SSSR count). The van der Waals surface area contributed by atoms with Crippen molar-refractivity contribution in [2.24, 2.45) is 18.2 Å². The smallest absolute Gasteiger partial charge is 0.273 e. The van der Waals surface area contributed by atoms with E-state index in [9.17, 15) is 4.79 Å². The number of hydrogen-bond donors (Lipinski definition) is 1. The Morgan fingerprint density at radius 3 is 2.69 bits per heavy atom. The van der Waals surface area contributed by atoms with Crippen molar-refractivity contribution >= 4 is 5.91 Å². The fourth-order valence-corrected chi connectivity index (χ4v) is 1.50. The van der Waals surface area contributed by atoms with E-state index in [2.05, 4.69) is 4.98 Å². The summed E-state index contributed by atoms with van der Waals surface area (Å²) in [7, 11) is 3.61. The first kappa shape index (κ1) is 12.7. The van der Waals surface area contributed by atoms with Crippen LogP contribution in [0.3, 0.4) is 0 Å². The van der Waals surface area contributed by atoms with E-state index in [1.807, 2.05) is 20.9 Å². The van der Waals surface area contributed by atoms with Gasteiger partial charge in [0.25, 0.3) is 5.91 Å². The molecule has 0 spiro atoms. The summed E-state index contributed by atoms with van der Waals surface area (Å²) in [6, 6.07) is 0. The van der Waals surface area contributed by atoms with Gasteiger partial charge < -0.3 is 15.2 Å². The summed E-state index contributed by atoms with van der Waals surface area (Å²) in [4.78, 5) is 17.7. The number of aryl methyl sites for hydroxylation is 1. The standard InChI is InChI=1S/C11H20N4O/c1-11(2,6-12)7-15(4)10(16)9-5-14(3)8-13-9/h5,8H,6-7,12H2,1-4H3. The van der Waals surface area contributed by atoms with Gasteiger partial charge in [-0.05, 0) is 12.0 Å². The molecule has 5 heteroatoms. The third kappa shape index (κ3) is 3.06. The van der Waals surface area contributed by atoms with Crippen LogP contribution in [0.2, 0.25) is 0 Å². The van der Waals surface area contributed by atoms with Gasteiger partial charge in [-0.15, -0.1) is 0 Å². The highest BCUT2D eigenvalue weighted by atomic mass is 16.2. The summed E-state index contributed by atoms with van der Waals surface area (Å²) in [6.07, 6.45) is 3.34. The molecule has 0 radical (unpaired) electrons. The lowest BCUT2D eigenvalue weighted by Crippen LogP contribution is -2.39. The lowest BCUT2D eigenvalue weighted by Gasteiger charge is -2.28. The number of nitrogens with two attached hydrogens (primary N) is 1. The van der Waals surface area contributed by atoms with Gasteiger partial charge in [-0.3, -0.25) is 4.79 Å². The molecule has 2 N–H and O–H groups in total. The number of hydrogen-bond acceptors (Lipinski definition) is 3. The van der Waals surface area contributed by atoms with E-state index in [4.69, 9.17) is 5.73 Å². The van der Waals surface area contributed by atoms with Crippen LogP contribution < -0.4 is 5.73 Å². The van der Waals surface area contributed by atoms with Crippen LogP contribution in [0.15, 0.2) is 12.5 Å². The van der Waals surface area contributed by atoms with Crippen molar-refractivity contribution in [2.45, 2.75) is 13.8 Å². The molecule has 90 valence electrons. The van der Waals surface area contributed by atoms with Crippen molar-refractivity contribution in [3.63, 3.8) is 0 Å². The van der Waals surface area contributed by atoms with Crippen LogP contribution in [0.1, 0.15) is 24.3 Å². The predicted octanol–water partition coefficient (Wildman–Crippen LogP) is 0.477. The molecule has 0 fully saturated rings. The third-order valence-corrected chi connectivity index (χ3v) is 2.49. The average Bonchev–Trinajstić information content (AvgIpc) is 2.63. The zero-order chi connectivity index (χ0) is 12.3. The summed E-state index contributed by atoms with van der Waals surface area (Å²) in [5.41, 5.74) is 6.04. The van der Waals surface area contributed by atoms with Gasteiger partial charge in [-0.25, -0.2) is 4.98 Å². The maximum absolute atomic E-state index is 12.0. The van der Waals surface area contributed by atoms with Crippen molar-refractivity contribution in [3.05, 3.63) is 18.2 Å². The van der Waals surface area contributed by atoms with Gasteiger partial charge in [0.1, 0.15) is 5.69 Å². The molecule has 0 bridgehead atoms. The first-order valence-electron chi connectivity index (χ1n) is 5.29. The lowest BCUT2D eigenvalue weighted by atomic mass is 9.93. The molecule has 0 unspecified atom stereocenters. The molecule has 16 heavy (non-hydrogen) atoms. The molecule has 1 aromatic heterocycles. The van der Waals surface area contributed by atoms with Gasteiger partial charge in [0.05, 0.1) is 6.33 Å². The minimum Gasteiger partial charge on any atom is -0.340 e. The van der Waals surface area contributed by atoms with Gasteiger partial charge in [-0.1, -0.05) is 13.8 Å². The number of nitrogens with zero attached hydrogens (tertiary/aromatic N) is 3. The molecular formula is C11H20N4O. The van der Waals surface area contributed by atoms with E-state index in [1.165, 1.54) is 0 Å². The van der Waals surface area contributed by atoms with E-state index < -0.39 is 0 Å². The van der Waals surface area contributed by atoms with E-state index in [-0.39, 0.29) is 11.3 Å². The minimum absolute atomic E-state index is 0.0675. The maximum atomic E-state index is 12.0. The Hall–Kier alpha value is -1.36. The molecule has 0 aliphatic carbocycles. The zero-order valence-corrected chi connectivity index (χ0v) is 10.4. The van der Waals surface area contributed by atoms with E-state index in [0.717, 1.165) is 0 Å². The highest BCUT2D eigenvalue weighted by Gasteiger charge is 2.22. The number of carbonyl (C=O) groups excluding carboxylic acids is 1. The first-order valence-corrected chi connectivity index (χ1v) is 5.29. The van der Waals surface area contributed by atoms with Crippen LogP contribution in [-0.2, 0) is 7.05 Å². The summed E-state index contributed by atoms with van der Waals surface area (Å²) < 4.78 is 1.76. The molecule has 1 amide bonds. The predicted molar refractivity (Wildman–Crippen MR) is 63.0 cm³/mol. The molecule has 0 aliphatic rings. The Morgan fingerprint density at radius 1 is 1.62 bits per heavy atom. The molecular weight excluding hydrogens is 204 g/mol. The normalized spacial score (nSPS) is 11.6. The Bertz CT molecular complexity index is 370. The van der Waals surface area contributed by atoms with Gasteiger partial charge in [-0.2, -0.15) is 0 Å². The van der Waals surface area contributed by atoms with Crippen LogP contribution in [0.25, 0.3) is 0 Å². The molecule has 0 saturated heterocycles. The molecule has 1 heterocycles. The number of aromatic nitrogens is 2. The number of carbonyl (C=O) groups is 1. The fourth-order valence-electron chi connectivity index (χ4n) is 1.50. The average molecular weight is 224 g/mol. The SMILES string of the molecule is CN(CC(C)(C)CN)C(=O)c1cn(C)cn1. The Kier molecular flexibility index (Phi) is 3.70. The minimum atomic E-state index is -0.0702. The second-order valence-electron chi connectivity index (χ2n) is 4.95. The lowest BCUT2D eigenvalue weighted by molar-refractivity contribution is 0.0735. The topological polar surface area (TPSA) is 64.2 Å². The Morgan fingerprint density at radius 2 is 2.25 bits per heavy atom. The highest BCUT2D eigenvalue weighted by molar-refractivity contribution is 5.91. The van der Waals surface area contributed by atoms with Crippen LogP contribution >= 0.6 is 0 Å². The first-order chi connectivity index (χ1) is 7.35. The van der Waals surface area contributed by atoms with E-state index in [1.54, 1.807) is 29.0 Å². The van der Waals surface area contributed by atoms with Crippen LogP contribution in [0.5, 0.6) is 0 Å². The van der Waals surface area contributed by atoms with E-state index >= 15 is 0 Å². The van der Waals surface area contributed by atoms with Gasteiger partial charge in [0.2, 0.25) is 0 Å². The maximum Gasteiger partial charge on any atom is 0.273 e. The largest absolute Gasteiger partial charge is 0.340 e. The second kappa shape index (κ2) is 4.65. The van der Waals surface area contributed by atoms with Gasteiger partial charge in [0, 0.05) is 26.8 Å². The molecule has 0 aromatic carbocycles. The number of imidazole rings is 1. The van der Waals surface area contributed by atoms with E-state index in [0.29, 0.717) is 18.8 Å². The second-order valence-corrected chi connectivity index (χ2v) is 4.95. The van der Waals surface area contributed by atoms with Crippen LogP contribution in [-0.4, -0.2) is 40.5 Å². The van der Waals surface area contributed by atoms with Crippen LogP contribution in [0.4, 0.5) is 0 Å². The zero-order valence-electron chi connectivity index (χ0n) is 10.4. The quantitative estimate of drug-likeness (QED) is 0.809. The third-order valence-electron chi connectivity index (χ3n) is 2.49. The Labute approximate surface area is 96.3 Å². The van der Waals surface area contributed by atoms with Gasteiger partial charge in [0.15, 0.2) is 0 Å². The number of amides is 1. The molecule has 0 aliphatic heterocycles. The van der Waals surface area contributed by atoms with Gasteiger partial charge >= 0.3 is 0 Å². The number of rotatable bonds is 4. The summed E-state index contributed by atoms with van der Waals surface area (Å²) >= 11 is 0. The molecule has 1 aromatic rings. The van der Waals surface area contributed by atoms with Crippen LogP contribution in [0, 0.1) is 5.41 Å². The summed E-state index contributed by atoms with van der Waals surface area (Å²) in [6.45, 7) is 5.25. The summed E-state index contributed by atoms with van der Waals surface area (Å²) in [5.74, 6) is -0.0675. The molecule has 0 atom stereocenters. The fraction of sp³-hybridized carbons (Fsp3) is 0.636. The highest BCUT2D eigenvalue weighted by Crippen LogP contribution is 2.15. The molecule has 5 nitrogen and oxygen atoms in total. The van der Waals surface area contributed by atoms with Crippen molar-refractivity contribution in [1.29, 1.82) is 0 Å². The Balaban J connectivity index is 2.68. The summed E-state index contributed by atoms with van der Waals surface area (Å²) in [5, 5.41) is 0.